The first kappa shape index (κ1) is 14.6. The molecule has 106 valence electrons. The molecule has 2 rings (SSSR count). The number of pyridine rings is 1. The zero-order chi connectivity index (χ0) is 14.0. The quantitative estimate of drug-likeness (QED) is 0.920. The minimum atomic E-state index is -0.0195. The summed E-state index contributed by atoms with van der Waals surface area (Å²) in [7, 11) is 2.07. The summed E-state index contributed by atoms with van der Waals surface area (Å²) < 4.78 is 0. The second-order valence-electron chi connectivity index (χ2n) is 6.31. The Hall–Kier alpha value is -0.800. The maximum absolute atomic E-state index is 9.09. The lowest BCUT2D eigenvalue weighted by Gasteiger charge is -2.39. The maximum Gasteiger partial charge on any atom is 0.147 e. The number of rotatable bonds is 3. The molecule has 0 spiro atoms. The second kappa shape index (κ2) is 5.68. The zero-order valence-electron chi connectivity index (χ0n) is 12.0. The van der Waals surface area contributed by atoms with Crippen molar-refractivity contribution in [3.8, 4) is 0 Å². The normalized spacial score (nSPS) is 19.4. The molecule has 0 aromatic carbocycles. The van der Waals surface area contributed by atoms with Crippen LogP contribution in [0.15, 0.2) is 12.3 Å². The van der Waals surface area contributed by atoms with Crippen LogP contribution in [0.4, 0.5) is 5.82 Å². The topological polar surface area (TPSA) is 36.4 Å². The summed E-state index contributed by atoms with van der Waals surface area (Å²) in [5.41, 5.74) is 1.22. The largest absolute Gasteiger partial charge is 0.392 e. The Kier molecular flexibility index (Phi) is 4.36. The SMILES string of the molecule is CN(c1ncc(CO)cc1Cl)C1CCC(C)(C)CC1. The fourth-order valence-electron chi connectivity index (χ4n) is 2.76. The van der Waals surface area contributed by atoms with Gasteiger partial charge in [0, 0.05) is 19.3 Å². The lowest BCUT2D eigenvalue weighted by Crippen LogP contribution is -2.37. The Morgan fingerprint density at radius 2 is 2.05 bits per heavy atom. The van der Waals surface area contributed by atoms with Crippen molar-refractivity contribution in [1.82, 2.24) is 4.98 Å². The third kappa shape index (κ3) is 3.40. The van der Waals surface area contributed by atoms with E-state index < -0.39 is 0 Å². The third-order valence-electron chi connectivity index (χ3n) is 4.25. The highest BCUT2D eigenvalue weighted by molar-refractivity contribution is 6.33. The van der Waals surface area contributed by atoms with E-state index in [9.17, 15) is 0 Å². The maximum atomic E-state index is 9.09. The summed E-state index contributed by atoms with van der Waals surface area (Å²) in [6, 6.07) is 2.31. The number of aliphatic hydroxyl groups is 1. The Balaban J connectivity index is 2.10. The monoisotopic (exact) mass is 282 g/mol. The third-order valence-corrected chi connectivity index (χ3v) is 4.53. The molecule has 0 radical (unpaired) electrons. The zero-order valence-corrected chi connectivity index (χ0v) is 12.7. The summed E-state index contributed by atoms with van der Waals surface area (Å²) in [4.78, 5) is 6.59. The molecule has 0 amide bonds. The average molecular weight is 283 g/mol. The number of anilines is 1. The smallest absolute Gasteiger partial charge is 0.147 e. The van der Waals surface area contributed by atoms with Gasteiger partial charge in [-0.25, -0.2) is 4.98 Å². The highest BCUT2D eigenvalue weighted by Gasteiger charge is 2.29. The molecule has 4 heteroatoms. The van der Waals surface area contributed by atoms with Gasteiger partial charge in [-0.3, -0.25) is 0 Å². The van der Waals surface area contributed by atoms with Gasteiger partial charge in [-0.15, -0.1) is 0 Å². The van der Waals surface area contributed by atoms with E-state index in [4.69, 9.17) is 16.7 Å². The summed E-state index contributed by atoms with van der Waals surface area (Å²) >= 11 is 6.26. The van der Waals surface area contributed by atoms with Gasteiger partial charge in [0.25, 0.3) is 0 Å². The van der Waals surface area contributed by atoms with Crippen molar-refractivity contribution in [3.63, 3.8) is 0 Å². The molecule has 1 aliphatic rings. The van der Waals surface area contributed by atoms with Crippen LogP contribution in [-0.4, -0.2) is 23.2 Å². The molecule has 1 aromatic rings. The van der Waals surface area contributed by atoms with Crippen LogP contribution in [0.3, 0.4) is 0 Å². The molecule has 1 heterocycles. The van der Waals surface area contributed by atoms with E-state index in [0.29, 0.717) is 16.5 Å². The first-order chi connectivity index (χ1) is 8.93. The minimum absolute atomic E-state index is 0.0195. The van der Waals surface area contributed by atoms with Crippen molar-refractivity contribution in [2.45, 2.75) is 52.2 Å². The van der Waals surface area contributed by atoms with Gasteiger partial charge in [-0.1, -0.05) is 25.4 Å². The lowest BCUT2D eigenvalue weighted by atomic mass is 9.75. The molecule has 0 aliphatic heterocycles. The predicted octanol–water partition coefficient (Wildman–Crippen LogP) is 3.63. The van der Waals surface area contributed by atoms with Crippen LogP contribution in [0.5, 0.6) is 0 Å². The molecular formula is C15H23ClN2O. The molecule has 0 bridgehead atoms. The molecule has 1 saturated carbocycles. The fourth-order valence-corrected chi connectivity index (χ4v) is 3.08. The Bertz CT molecular complexity index is 438. The summed E-state index contributed by atoms with van der Waals surface area (Å²) in [5.74, 6) is 0.823. The van der Waals surface area contributed by atoms with Crippen molar-refractivity contribution in [2.75, 3.05) is 11.9 Å². The van der Waals surface area contributed by atoms with Gasteiger partial charge >= 0.3 is 0 Å². The number of aromatic nitrogens is 1. The van der Waals surface area contributed by atoms with Crippen molar-refractivity contribution in [3.05, 3.63) is 22.8 Å². The molecule has 0 atom stereocenters. The number of aliphatic hydroxyl groups excluding tert-OH is 1. The predicted molar refractivity (Wildman–Crippen MR) is 79.6 cm³/mol. The van der Waals surface area contributed by atoms with Gasteiger partial charge < -0.3 is 10.0 Å². The van der Waals surface area contributed by atoms with Crippen LogP contribution >= 0.6 is 11.6 Å². The Labute approximate surface area is 120 Å². The molecule has 0 saturated heterocycles. The summed E-state index contributed by atoms with van der Waals surface area (Å²) in [5, 5.41) is 9.71. The number of halogens is 1. The van der Waals surface area contributed by atoms with Crippen LogP contribution in [0, 0.1) is 5.41 Å². The van der Waals surface area contributed by atoms with Crippen molar-refractivity contribution >= 4 is 17.4 Å². The Morgan fingerprint density at radius 1 is 1.42 bits per heavy atom. The van der Waals surface area contributed by atoms with E-state index in [1.165, 1.54) is 25.7 Å². The number of nitrogens with zero attached hydrogens (tertiary/aromatic N) is 2. The van der Waals surface area contributed by atoms with Gasteiger partial charge in [-0.2, -0.15) is 0 Å². The summed E-state index contributed by atoms with van der Waals surface area (Å²) in [6.45, 7) is 4.66. The van der Waals surface area contributed by atoms with Gasteiger partial charge in [0.2, 0.25) is 0 Å². The van der Waals surface area contributed by atoms with E-state index in [0.717, 1.165) is 11.4 Å². The van der Waals surface area contributed by atoms with E-state index in [-0.39, 0.29) is 6.61 Å². The van der Waals surface area contributed by atoms with E-state index >= 15 is 0 Å². The molecular weight excluding hydrogens is 260 g/mol. The van der Waals surface area contributed by atoms with E-state index in [1.807, 2.05) is 0 Å². The second-order valence-corrected chi connectivity index (χ2v) is 6.72. The first-order valence-corrected chi connectivity index (χ1v) is 7.29. The van der Waals surface area contributed by atoms with Gasteiger partial charge in [0.05, 0.1) is 11.6 Å². The van der Waals surface area contributed by atoms with Gasteiger partial charge in [0.15, 0.2) is 0 Å². The molecule has 1 N–H and O–H groups in total. The van der Waals surface area contributed by atoms with Crippen LogP contribution in [0.25, 0.3) is 0 Å². The molecule has 0 unspecified atom stereocenters. The molecule has 1 aromatic heterocycles. The van der Waals surface area contributed by atoms with Crippen LogP contribution in [-0.2, 0) is 6.61 Å². The highest BCUT2D eigenvalue weighted by Crippen LogP contribution is 2.38. The van der Waals surface area contributed by atoms with E-state index in [1.54, 1.807) is 12.3 Å². The molecule has 3 nitrogen and oxygen atoms in total. The molecule has 1 fully saturated rings. The van der Waals surface area contributed by atoms with Crippen molar-refractivity contribution in [1.29, 1.82) is 0 Å². The number of hydrogen-bond donors (Lipinski definition) is 1. The number of hydrogen-bond acceptors (Lipinski definition) is 3. The molecule has 19 heavy (non-hydrogen) atoms. The summed E-state index contributed by atoms with van der Waals surface area (Å²) in [6.07, 6.45) is 6.56. The van der Waals surface area contributed by atoms with Crippen LogP contribution < -0.4 is 4.90 Å². The van der Waals surface area contributed by atoms with Crippen molar-refractivity contribution < 1.29 is 5.11 Å². The Morgan fingerprint density at radius 3 is 2.58 bits per heavy atom. The molecule has 1 aliphatic carbocycles. The van der Waals surface area contributed by atoms with Gasteiger partial charge in [0.1, 0.15) is 5.82 Å². The van der Waals surface area contributed by atoms with Crippen LogP contribution in [0.2, 0.25) is 5.02 Å². The highest BCUT2D eigenvalue weighted by atomic mass is 35.5. The van der Waals surface area contributed by atoms with E-state index in [2.05, 4.69) is 30.8 Å². The van der Waals surface area contributed by atoms with Crippen LogP contribution in [0.1, 0.15) is 45.1 Å². The lowest BCUT2D eigenvalue weighted by molar-refractivity contribution is 0.222. The minimum Gasteiger partial charge on any atom is -0.392 e. The average Bonchev–Trinajstić information content (AvgIpc) is 2.37. The van der Waals surface area contributed by atoms with Gasteiger partial charge in [-0.05, 0) is 42.7 Å². The van der Waals surface area contributed by atoms with Crippen molar-refractivity contribution in [2.24, 2.45) is 5.41 Å². The first-order valence-electron chi connectivity index (χ1n) is 6.91. The fraction of sp³-hybridized carbons (Fsp3) is 0.667. The standard InChI is InChI=1S/C15H23ClN2O/c1-15(2)6-4-12(5-7-15)18(3)14-13(16)8-11(10-19)9-17-14/h8-9,12,19H,4-7,10H2,1-3H3.